The monoisotopic (exact) mass is 388 g/mol. The summed E-state index contributed by atoms with van der Waals surface area (Å²) in [6, 6.07) is 6.31. The number of aryl methyl sites for hydroxylation is 1. The average Bonchev–Trinajstić information content (AvgIpc) is 2.87. The van der Waals surface area contributed by atoms with Crippen LogP contribution in [0.25, 0.3) is 0 Å². The number of benzene rings is 1. The van der Waals surface area contributed by atoms with Crippen molar-refractivity contribution in [2.75, 3.05) is 32.8 Å². The molecule has 2 aliphatic rings. The lowest BCUT2D eigenvalue weighted by Gasteiger charge is -2.26. The van der Waals surface area contributed by atoms with E-state index < -0.39 is 5.60 Å². The van der Waals surface area contributed by atoms with E-state index in [1.54, 1.807) is 0 Å². The zero-order valence-corrected chi connectivity index (χ0v) is 17.8. The number of hydrogen-bond acceptors (Lipinski definition) is 4. The highest BCUT2D eigenvalue weighted by Gasteiger charge is 2.24. The van der Waals surface area contributed by atoms with Crippen molar-refractivity contribution in [3.05, 3.63) is 29.3 Å². The molecule has 0 bridgehead atoms. The lowest BCUT2D eigenvalue weighted by atomic mass is 10.0. The van der Waals surface area contributed by atoms with Crippen LogP contribution in [0.2, 0.25) is 0 Å². The molecule has 2 heterocycles. The highest BCUT2D eigenvalue weighted by molar-refractivity contribution is 5.68. The molecule has 0 N–H and O–H groups in total. The molecule has 1 aromatic carbocycles. The minimum atomic E-state index is -0.460. The summed E-state index contributed by atoms with van der Waals surface area (Å²) in [5.74, 6) is 0.947. The van der Waals surface area contributed by atoms with Gasteiger partial charge in [0, 0.05) is 19.6 Å². The number of hydrogen-bond donors (Lipinski definition) is 0. The standard InChI is InChI=1S/C23H36N2O3/c1-23(2,3)28-22(26)25-15-7-9-19-17-21(11-10-20(19)18-25)27-16-8-14-24-12-5-4-6-13-24/h10-11,17H,4-9,12-16,18H2,1-3H3. The Kier molecular flexibility index (Phi) is 7.22. The van der Waals surface area contributed by atoms with Crippen LogP contribution in [0.5, 0.6) is 5.75 Å². The van der Waals surface area contributed by atoms with Crippen molar-refractivity contribution >= 4 is 6.09 Å². The van der Waals surface area contributed by atoms with Gasteiger partial charge in [0.2, 0.25) is 0 Å². The predicted octanol–water partition coefficient (Wildman–Crippen LogP) is 4.62. The van der Waals surface area contributed by atoms with Crippen LogP contribution in [0.1, 0.15) is 64.0 Å². The summed E-state index contributed by atoms with van der Waals surface area (Å²) < 4.78 is 11.6. The number of ether oxygens (including phenoxy) is 2. The van der Waals surface area contributed by atoms with E-state index in [0.29, 0.717) is 6.54 Å². The summed E-state index contributed by atoms with van der Waals surface area (Å²) >= 11 is 0. The second kappa shape index (κ2) is 9.64. The maximum Gasteiger partial charge on any atom is 0.410 e. The Morgan fingerprint density at radius 2 is 1.82 bits per heavy atom. The van der Waals surface area contributed by atoms with Crippen LogP contribution < -0.4 is 4.74 Å². The second-order valence-electron chi connectivity index (χ2n) is 9.04. The molecule has 2 aliphatic heterocycles. The summed E-state index contributed by atoms with van der Waals surface area (Å²) in [6.45, 7) is 11.5. The van der Waals surface area contributed by atoms with Crippen molar-refractivity contribution in [2.45, 2.75) is 71.4 Å². The molecule has 1 fully saturated rings. The minimum absolute atomic E-state index is 0.224. The van der Waals surface area contributed by atoms with E-state index >= 15 is 0 Å². The number of fused-ring (bicyclic) bond motifs is 1. The Balaban J connectivity index is 1.50. The summed E-state index contributed by atoms with van der Waals surface area (Å²) in [7, 11) is 0. The zero-order chi connectivity index (χ0) is 20.0. The zero-order valence-electron chi connectivity index (χ0n) is 17.8. The number of piperidine rings is 1. The van der Waals surface area contributed by atoms with Crippen LogP contribution in [0, 0.1) is 0 Å². The minimum Gasteiger partial charge on any atom is -0.494 e. The first-order valence-corrected chi connectivity index (χ1v) is 10.9. The molecule has 156 valence electrons. The molecule has 0 saturated carbocycles. The molecule has 1 aromatic rings. The fraction of sp³-hybridized carbons (Fsp3) is 0.696. The number of rotatable bonds is 5. The predicted molar refractivity (Wildman–Crippen MR) is 112 cm³/mol. The first-order valence-electron chi connectivity index (χ1n) is 10.9. The molecule has 5 heteroatoms. The maximum atomic E-state index is 12.4. The molecule has 5 nitrogen and oxygen atoms in total. The molecule has 0 radical (unpaired) electrons. The van der Waals surface area contributed by atoms with E-state index in [1.807, 2.05) is 31.7 Å². The van der Waals surface area contributed by atoms with Gasteiger partial charge in [0.25, 0.3) is 0 Å². The lowest BCUT2D eigenvalue weighted by Crippen LogP contribution is -2.36. The molecule has 0 spiro atoms. The SMILES string of the molecule is CC(C)(C)OC(=O)N1CCCc2cc(OCCCN3CCCCC3)ccc2C1. The van der Waals surface area contributed by atoms with Gasteiger partial charge < -0.3 is 19.3 Å². The van der Waals surface area contributed by atoms with Crippen LogP contribution >= 0.6 is 0 Å². The molecule has 1 saturated heterocycles. The Labute approximate surface area is 170 Å². The molecule has 0 atom stereocenters. The van der Waals surface area contributed by atoms with E-state index in [-0.39, 0.29) is 6.09 Å². The quantitative estimate of drug-likeness (QED) is 0.690. The number of carbonyl (C=O) groups excluding carboxylic acids is 1. The van der Waals surface area contributed by atoms with E-state index in [2.05, 4.69) is 17.0 Å². The topological polar surface area (TPSA) is 42.0 Å². The van der Waals surface area contributed by atoms with Gasteiger partial charge in [-0.1, -0.05) is 12.5 Å². The van der Waals surface area contributed by atoms with Gasteiger partial charge in [-0.25, -0.2) is 4.79 Å². The Morgan fingerprint density at radius 3 is 2.57 bits per heavy atom. The Bertz CT molecular complexity index is 648. The van der Waals surface area contributed by atoms with Gasteiger partial charge in [-0.2, -0.15) is 0 Å². The van der Waals surface area contributed by atoms with E-state index in [0.717, 1.165) is 44.7 Å². The largest absolute Gasteiger partial charge is 0.494 e. The van der Waals surface area contributed by atoms with Gasteiger partial charge in [-0.3, -0.25) is 0 Å². The first kappa shape index (κ1) is 21.0. The Hall–Kier alpha value is -1.75. The molecule has 0 aliphatic carbocycles. The second-order valence-corrected chi connectivity index (χ2v) is 9.04. The normalized spacial score (nSPS) is 18.3. The summed E-state index contributed by atoms with van der Waals surface area (Å²) in [5.41, 5.74) is 2.03. The molecule has 0 aromatic heterocycles. The van der Waals surface area contributed by atoms with Crippen molar-refractivity contribution < 1.29 is 14.3 Å². The number of likely N-dealkylation sites (tertiary alicyclic amines) is 1. The van der Waals surface area contributed by atoms with Crippen LogP contribution in [0.4, 0.5) is 4.79 Å². The summed E-state index contributed by atoms with van der Waals surface area (Å²) in [5, 5.41) is 0. The van der Waals surface area contributed by atoms with Gasteiger partial charge in [0.15, 0.2) is 0 Å². The fourth-order valence-corrected chi connectivity index (χ4v) is 3.97. The van der Waals surface area contributed by atoms with Crippen molar-refractivity contribution in [1.29, 1.82) is 0 Å². The maximum absolute atomic E-state index is 12.4. The van der Waals surface area contributed by atoms with Crippen molar-refractivity contribution in [3.8, 4) is 5.75 Å². The van der Waals surface area contributed by atoms with Crippen LogP contribution in [-0.4, -0.2) is 54.3 Å². The first-order chi connectivity index (χ1) is 13.4. The summed E-state index contributed by atoms with van der Waals surface area (Å²) in [6.07, 6.45) is 6.83. The number of amides is 1. The van der Waals surface area contributed by atoms with Gasteiger partial charge in [0.1, 0.15) is 11.4 Å². The third kappa shape index (κ3) is 6.40. The molecule has 3 rings (SSSR count). The fourth-order valence-electron chi connectivity index (χ4n) is 3.97. The smallest absolute Gasteiger partial charge is 0.410 e. The van der Waals surface area contributed by atoms with Crippen molar-refractivity contribution in [2.24, 2.45) is 0 Å². The van der Waals surface area contributed by atoms with Gasteiger partial charge in [-0.15, -0.1) is 0 Å². The highest BCUT2D eigenvalue weighted by atomic mass is 16.6. The molecular formula is C23H36N2O3. The van der Waals surface area contributed by atoms with Crippen LogP contribution in [0.3, 0.4) is 0 Å². The van der Waals surface area contributed by atoms with Gasteiger partial charge in [0.05, 0.1) is 6.61 Å². The van der Waals surface area contributed by atoms with Gasteiger partial charge >= 0.3 is 6.09 Å². The van der Waals surface area contributed by atoms with Crippen LogP contribution in [0.15, 0.2) is 18.2 Å². The average molecular weight is 389 g/mol. The molecular weight excluding hydrogens is 352 g/mol. The van der Waals surface area contributed by atoms with Crippen molar-refractivity contribution in [3.63, 3.8) is 0 Å². The van der Waals surface area contributed by atoms with E-state index in [4.69, 9.17) is 9.47 Å². The van der Waals surface area contributed by atoms with E-state index in [9.17, 15) is 4.79 Å². The summed E-state index contributed by atoms with van der Waals surface area (Å²) in [4.78, 5) is 16.8. The third-order valence-corrected chi connectivity index (χ3v) is 5.40. The molecule has 0 unspecified atom stereocenters. The number of nitrogens with zero attached hydrogens (tertiary/aromatic N) is 2. The number of carbonyl (C=O) groups is 1. The van der Waals surface area contributed by atoms with Crippen LogP contribution in [-0.2, 0) is 17.7 Å². The Morgan fingerprint density at radius 1 is 1.04 bits per heavy atom. The molecule has 28 heavy (non-hydrogen) atoms. The van der Waals surface area contributed by atoms with Gasteiger partial charge in [-0.05, 0) is 89.2 Å². The molecule has 1 amide bonds. The van der Waals surface area contributed by atoms with E-state index in [1.165, 1.54) is 43.5 Å². The highest BCUT2D eigenvalue weighted by Crippen LogP contribution is 2.25. The third-order valence-electron chi connectivity index (χ3n) is 5.40. The van der Waals surface area contributed by atoms with Crippen molar-refractivity contribution in [1.82, 2.24) is 9.80 Å². The lowest BCUT2D eigenvalue weighted by molar-refractivity contribution is 0.0237.